The predicted octanol–water partition coefficient (Wildman–Crippen LogP) is -1.06. The molecule has 0 bridgehead atoms. The molecule has 1 rings (SSSR count). The Bertz CT molecular complexity index is 637. The van der Waals surface area contributed by atoms with Crippen LogP contribution in [0.15, 0.2) is 0 Å². The van der Waals surface area contributed by atoms with E-state index in [-0.39, 0.29) is 13.0 Å². The van der Waals surface area contributed by atoms with E-state index in [9.17, 15) is 24.3 Å². The third-order valence-electron chi connectivity index (χ3n) is 3.99. The monoisotopic (exact) mass is 416 g/mol. The average Bonchev–Trinajstić information content (AvgIpc) is 2.67. The van der Waals surface area contributed by atoms with E-state index < -0.39 is 60.5 Å². The van der Waals surface area contributed by atoms with Gasteiger partial charge in [-0.25, -0.2) is 0 Å². The number of esters is 4. The molecule has 0 aromatic heterocycles. The normalized spacial score (nSPS) is 26.2. The molecular formula is C18H24O11. The van der Waals surface area contributed by atoms with Crippen molar-refractivity contribution in [1.29, 1.82) is 0 Å². The first-order valence-electron chi connectivity index (χ1n) is 8.54. The van der Waals surface area contributed by atoms with Gasteiger partial charge >= 0.3 is 23.9 Å². The van der Waals surface area contributed by atoms with Gasteiger partial charge in [0.25, 0.3) is 0 Å². The highest BCUT2D eigenvalue weighted by atomic mass is 16.7. The SMILES string of the molecule is C#CCOC1OC(CC(C(=O)OC)C(=O)OC)C(O)C(OC(C)=O)C1OC(C)=O. The molecule has 29 heavy (non-hydrogen) atoms. The van der Waals surface area contributed by atoms with Gasteiger partial charge < -0.3 is 33.5 Å². The van der Waals surface area contributed by atoms with Gasteiger partial charge in [0.2, 0.25) is 0 Å². The standard InChI is InChI=1S/C18H24O11/c1-6-7-26-18-15(28-10(3)20)14(27-9(2)19)13(21)12(29-18)8-11(16(22)24-4)17(23)25-5/h1,11-15,18,21H,7-8H2,2-5H3. The van der Waals surface area contributed by atoms with E-state index in [2.05, 4.69) is 15.4 Å². The fourth-order valence-electron chi connectivity index (χ4n) is 2.80. The maximum atomic E-state index is 11.9. The molecule has 0 aromatic rings. The van der Waals surface area contributed by atoms with Crippen molar-refractivity contribution < 1.29 is 52.7 Å². The maximum Gasteiger partial charge on any atom is 0.320 e. The molecule has 1 heterocycles. The molecule has 1 fully saturated rings. The highest BCUT2D eigenvalue weighted by Crippen LogP contribution is 2.31. The Morgan fingerprint density at radius 1 is 1.03 bits per heavy atom. The van der Waals surface area contributed by atoms with Gasteiger partial charge in [-0.1, -0.05) is 5.92 Å². The minimum Gasteiger partial charge on any atom is -0.468 e. The lowest BCUT2D eigenvalue weighted by Gasteiger charge is -2.43. The van der Waals surface area contributed by atoms with Crippen LogP contribution in [0.1, 0.15) is 20.3 Å². The van der Waals surface area contributed by atoms with Gasteiger partial charge in [0, 0.05) is 20.3 Å². The third kappa shape index (κ3) is 6.70. The summed E-state index contributed by atoms with van der Waals surface area (Å²) in [4.78, 5) is 46.9. The van der Waals surface area contributed by atoms with Crippen molar-refractivity contribution >= 4 is 23.9 Å². The lowest BCUT2D eigenvalue weighted by Crippen LogP contribution is -2.61. The fraction of sp³-hybridized carbons (Fsp3) is 0.667. The molecule has 0 amide bonds. The molecule has 162 valence electrons. The summed E-state index contributed by atoms with van der Waals surface area (Å²) in [6, 6.07) is 0. The van der Waals surface area contributed by atoms with E-state index in [0.717, 1.165) is 28.1 Å². The van der Waals surface area contributed by atoms with Gasteiger partial charge in [0.05, 0.1) is 20.3 Å². The van der Waals surface area contributed by atoms with Gasteiger partial charge in [-0.2, -0.15) is 0 Å². The van der Waals surface area contributed by atoms with E-state index >= 15 is 0 Å². The Balaban J connectivity index is 3.22. The predicted molar refractivity (Wildman–Crippen MR) is 92.7 cm³/mol. The van der Waals surface area contributed by atoms with Crippen LogP contribution in [0.4, 0.5) is 0 Å². The van der Waals surface area contributed by atoms with Crippen molar-refractivity contribution in [2.75, 3.05) is 20.8 Å². The molecule has 0 saturated carbocycles. The van der Waals surface area contributed by atoms with E-state index in [1.54, 1.807) is 0 Å². The topological polar surface area (TPSA) is 144 Å². The summed E-state index contributed by atoms with van der Waals surface area (Å²) in [5.41, 5.74) is 0. The molecule has 0 aromatic carbocycles. The molecule has 1 N–H and O–H groups in total. The number of terminal acetylenes is 1. The van der Waals surface area contributed by atoms with Crippen LogP contribution in [0.3, 0.4) is 0 Å². The van der Waals surface area contributed by atoms with Gasteiger partial charge in [-0.05, 0) is 0 Å². The number of methoxy groups -OCH3 is 2. The highest BCUT2D eigenvalue weighted by molar-refractivity contribution is 5.94. The summed E-state index contributed by atoms with van der Waals surface area (Å²) in [5.74, 6) is -2.59. The van der Waals surface area contributed by atoms with Crippen LogP contribution in [0.5, 0.6) is 0 Å². The first-order valence-corrected chi connectivity index (χ1v) is 8.54. The van der Waals surface area contributed by atoms with Crippen LogP contribution >= 0.6 is 0 Å². The summed E-state index contributed by atoms with van der Waals surface area (Å²) in [5, 5.41) is 10.7. The molecule has 11 heteroatoms. The summed E-state index contributed by atoms with van der Waals surface area (Å²) >= 11 is 0. The Hall–Kier alpha value is -2.68. The van der Waals surface area contributed by atoms with Gasteiger partial charge in [0.15, 0.2) is 24.4 Å². The number of aliphatic hydroxyl groups is 1. The van der Waals surface area contributed by atoms with E-state index in [1.807, 2.05) is 0 Å². The summed E-state index contributed by atoms with van der Waals surface area (Å²) in [6.45, 7) is 1.94. The quantitative estimate of drug-likeness (QED) is 0.224. The molecule has 1 aliphatic rings. The molecule has 0 spiro atoms. The molecule has 11 nitrogen and oxygen atoms in total. The molecule has 0 aliphatic carbocycles. The smallest absolute Gasteiger partial charge is 0.320 e. The Kier molecular flexibility index (Phi) is 9.54. The van der Waals surface area contributed by atoms with Crippen molar-refractivity contribution in [3.05, 3.63) is 0 Å². The zero-order valence-corrected chi connectivity index (χ0v) is 16.5. The van der Waals surface area contributed by atoms with Crippen molar-refractivity contribution in [2.24, 2.45) is 5.92 Å². The number of rotatable bonds is 8. The van der Waals surface area contributed by atoms with Gasteiger partial charge in [0.1, 0.15) is 12.7 Å². The minimum absolute atomic E-state index is 0.254. The Labute approximate surface area is 167 Å². The number of hydrogen-bond acceptors (Lipinski definition) is 11. The van der Waals surface area contributed by atoms with Crippen molar-refractivity contribution in [1.82, 2.24) is 0 Å². The first kappa shape index (κ1) is 24.4. The van der Waals surface area contributed by atoms with Gasteiger partial charge in [-0.3, -0.25) is 19.2 Å². The maximum absolute atomic E-state index is 11.9. The van der Waals surface area contributed by atoms with Crippen molar-refractivity contribution in [3.63, 3.8) is 0 Å². The Morgan fingerprint density at radius 2 is 1.55 bits per heavy atom. The molecule has 5 unspecified atom stereocenters. The largest absolute Gasteiger partial charge is 0.468 e. The molecule has 0 radical (unpaired) electrons. The number of carbonyl (C=O) groups is 4. The number of carbonyl (C=O) groups excluding carboxylic acids is 4. The second-order valence-corrected chi connectivity index (χ2v) is 6.03. The lowest BCUT2D eigenvalue weighted by molar-refractivity contribution is -0.301. The molecule has 5 atom stereocenters. The number of ether oxygens (including phenoxy) is 6. The lowest BCUT2D eigenvalue weighted by atomic mass is 9.91. The van der Waals surface area contributed by atoms with Crippen LogP contribution in [-0.2, 0) is 47.6 Å². The van der Waals surface area contributed by atoms with Crippen LogP contribution in [0, 0.1) is 18.3 Å². The fourth-order valence-corrected chi connectivity index (χ4v) is 2.80. The first-order chi connectivity index (χ1) is 13.7. The zero-order valence-electron chi connectivity index (χ0n) is 16.5. The summed E-state index contributed by atoms with van der Waals surface area (Å²) in [6.07, 6.45) is -2.14. The van der Waals surface area contributed by atoms with Crippen LogP contribution in [0.2, 0.25) is 0 Å². The van der Waals surface area contributed by atoms with E-state index in [4.69, 9.17) is 25.4 Å². The average molecular weight is 416 g/mol. The van der Waals surface area contributed by atoms with E-state index in [0.29, 0.717) is 0 Å². The third-order valence-corrected chi connectivity index (χ3v) is 3.99. The second kappa shape index (κ2) is 11.4. The van der Waals surface area contributed by atoms with Crippen LogP contribution in [0.25, 0.3) is 0 Å². The van der Waals surface area contributed by atoms with Crippen molar-refractivity contribution in [2.45, 2.75) is 51.0 Å². The van der Waals surface area contributed by atoms with Crippen molar-refractivity contribution in [3.8, 4) is 12.3 Å². The van der Waals surface area contributed by atoms with E-state index in [1.165, 1.54) is 0 Å². The molecular weight excluding hydrogens is 392 g/mol. The second-order valence-electron chi connectivity index (χ2n) is 6.03. The zero-order chi connectivity index (χ0) is 22.1. The van der Waals surface area contributed by atoms with Crippen LogP contribution < -0.4 is 0 Å². The Morgan fingerprint density at radius 3 is 2.00 bits per heavy atom. The molecule has 1 saturated heterocycles. The highest BCUT2D eigenvalue weighted by Gasteiger charge is 2.51. The summed E-state index contributed by atoms with van der Waals surface area (Å²) in [7, 11) is 2.15. The van der Waals surface area contributed by atoms with Gasteiger partial charge in [-0.15, -0.1) is 6.42 Å². The number of aliphatic hydroxyl groups excluding tert-OH is 1. The molecule has 1 aliphatic heterocycles. The number of hydrogen-bond donors (Lipinski definition) is 1. The van der Waals surface area contributed by atoms with Crippen LogP contribution in [-0.4, -0.2) is 80.5 Å². The summed E-state index contributed by atoms with van der Waals surface area (Å²) < 4.78 is 30.3. The minimum atomic E-state index is -1.58.